The summed E-state index contributed by atoms with van der Waals surface area (Å²) >= 11 is 0. The number of hydrogen-bond acceptors (Lipinski definition) is 6. The van der Waals surface area contributed by atoms with E-state index in [1.807, 2.05) is 0 Å². The molecule has 3 saturated carbocycles. The second kappa shape index (κ2) is 6.46. The first-order valence-corrected chi connectivity index (χ1v) is 12.5. The molecule has 6 aliphatic rings. The Kier molecular flexibility index (Phi) is 4.35. The van der Waals surface area contributed by atoms with Crippen LogP contribution in [0.4, 0.5) is 0 Å². The summed E-state index contributed by atoms with van der Waals surface area (Å²) in [6, 6.07) is 0. The quantitative estimate of drug-likeness (QED) is 0.616. The average molecular weight is 435 g/mol. The van der Waals surface area contributed by atoms with Gasteiger partial charge in [-0.3, -0.25) is 4.79 Å². The number of aliphatic hydroxyl groups excluding tert-OH is 2. The summed E-state index contributed by atoms with van der Waals surface area (Å²) in [5.41, 5.74) is -0.672. The number of hydrogen-bond donors (Lipinski definition) is 2. The number of fused-ring (bicyclic) bond motifs is 7. The molecule has 0 aromatic heterocycles. The van der Waals surface area contributed by atoms with Crippen LogP contribution in [0.25, 0.3) is 0 Å². The largest absolute Gasteiger partial charge is 0.432 e. The summed E-state index contributed by atoms with van der Waals surface area (Å²) in [6.45, 7) is 7.54. The van der Waals surface area contributed by atoms with Crippen molar-refractivity contribution in [3.05, 3.63) is 0 Å². The standard InChI is InChI=1S/C25H38O6/c1-22(13-26)8-4-9-24(3)16(22)7-10-23(2)15-11-18(27)25-12-19(28)29-21(25)30-20(31-25)14(15)5-6-17(23)24/h14-18,20-21,26-27H,4-13H2,1-3H3. The van der Waals surface area contributed by atoms with Crippen LogP contribution in [0, 0.1) is 39.9 Å². The van der Waals surface area contributed by atoms with Gasteiger partial charge in [0, 0.05) is 12.5 Å². The van der Waals surface area contributed by atoms with Crippen molar-refractivity contribution >= 4 is 5.97 Å². The topological polar surface area (TPSA) is 85.2 Å². The maximum absolute atomic E-state index is 12.0. The van der Waals surface area contributed by atoms with Crippen molar-refractivity contribution in [2.24, 2.45) is 39.9 Å². The molecule has 0 amide bonds. The Morgan fingerprint density at radius 1 is 1.03 bits per heavy atom. The highest BCUT2D eigenvalue weighted by Crippen LogP contribution is 2.71. The zero-order valence-electron chi connectivity index (χ0n) is 19.1. The molecule has 0 aromatic rings. The molecule has 0 aromatic carbocycles. The number of carbonyl (C=O) groups excluding carboxylic acids is 1. The van der Waals surface area contributed by atoms with E-state index in [4.69, 9.17) is 14.2 Å². The predicted molar refractivity (Wildman–Crippen MR) is 111 cm³/mol. The lowest BCUT2D eigenvalue weighted by Gasteiger charge is -2.67. The molecule has 1 spiro atoms. The Morgan fingerprint density at radius 2 is 1.84 bits per heavy atom. The fourth-order valence-corrected chi connectivity index (χ4v) is 9.76. The zero-order valence-corrected chi connectivity index (χ0v) is 19.1. The molecule has 174 valence electrons. The van der Waals surface area contributed by atoms with Crippen molar-refractivity contribution in [3.63, 3.8) is 0 Å². The predicted octanol–water partition coefficient (Wildman–Crippen LogP) is 3.38. The minimum absolute atomic E-state index is 0.0210. The summed E-state index contributed by atoms with van der Waals surface area (Å²) in [4.78, 5) is 12.0. The Balaban J connectivity index is 1.36. The normalized spacial score (nSPS) is 60.3. The Bertz CT molecular complexity index is 786. The lowest BCUT2D eigenvalue weighted by Crippen LogP contribution is -2.61. The van der Waals surface area contributed by atoms with E-state index in [9.17, 15) is 15.0 Å². The highest BCUT2D eigenvalue weighted by molar-refractivity contribution is 5.74. The van der Waals surface area contributed by atoms with Gasteiger partial charge in [-0.2, -0.15) is 0 Å². The lowest BCUT2D eigenvalue weighted by atomic mass is 9.38. The van der Waals surface area contributed by atoms with Crippen LogP contribution in [0.3, 0.4) is 0 Å². The maximum atomic E-state index is 12.0. The van der Waals surface area contributed by atoms with E-state index in [1.165, 1.54) is 12.8 Å². The highest BCUT2D eigenvalue weighted by atomic mass is 16.8. The molecule has 3 saturated heterocycles. The highest BCUT2D eigenvalue weighted by Gasteiger charge is 2.70. The molecule has 6 rings (SSSR count). The van der Waals surface area contributed by atoms with Crippen molar-refractivity contribution < 1.29 is 29.2 Å². The van der Waals surface area contributed by atoms with Gasteiger partial charge in [0.2, 0.25) is 6.29 Å². The van der Waals surface area contributed by atoms with Crippen LogP contribution in [-0.2, 0) is 19.0 Å². The molecule has 6 heteroatoms. The van der Waals surface area contributed by atoms with Crippen LogP contribution in [-0.4, -0.2) is 47.1 Å². The molecule has 3 aliphatic heterocycles. The molecule has 0 radical (unpaired) electrons. The molecule has 3 aliphatic carbocycles. The number of aliphatic hydroxyl groups is 2. The molecule has 6 nitrogen and oxygen atoms in total. The molecule has 2 N–H and O–H groups in total. The van der Waals surface area contributed by atoms with Gasteiger partial charge in [-0.05, 0) is 78.9 Å². The lowest BCUT2D eigenvalue weighted by molar-refractivity contribution is -0.225. The third-order valence-electron chi connectivity index (χ3n) is 11.2. The monoisotopic (exact) mass is 434 g/mol. The number of rotatable bonds is 1. The molecule has 6 fully saturated rings. The van der Waals surface area contributed by atoms with E-state index < -0.39 is 24.3 Å². The summed E-state index contributed by atoms with van der Waals surface area (Å²) in [5.74, 6) is 1.33. The van der Waals surface area contributed by atoms with E-state index >= 15 is 0 Å². The van der Waals surface area contributed by atoms with Gasteiger partial charge >= 0.3 is 5.97 Å². The van der Waals surface area contributed by atoms with Gasteiger partial charge in [0.25, 0.3) is 0 Å². The van der Waals surface area contributed by atoms with E-state index in [0.717, 1.165) is 32.1 Å². The SMILES string of the molecule is CC1(CO)CCCC2(C)C1CCC1(C)C3CC(O)C45CC(=O)OC4OC(O5)C3CCC12. The van der Waals surface area contributed by atoms with E-state index in [2.05, 4.69) is 20.8 Å². The van der Waals surface area contributed by atoms with E-state index in [1.54, 1.807) is 0 Å². The maximum Gasteiger partial charge on any atom is 0.311 e. The summed E-state index contributed by atoms with van der Waals surface area (Å²) in [5, 5.41) is 21.6. The van der Waals surface area contributed by atoms with Crippen LogP contribution in [0.5, 0.6) is 0 Å². The second-order valence-electron chi connectivity index (χ2n) is 12.5. The number of carbonyl (C=O) groups is 1. The van der Waals surface area contributed by atoms with Crippen LogP contribution < -0.4 is 0 Å². The van der Waals surface area contributed by atoms with Gasteiger partial charge in [0.15, 0.2) is 11.9 Å². The van der Waals surface area contributed by atoms with Gasteiger partial charge < -0.3 is 24.4 Å². The molecule has 11 atom stereocenters. The number of ether oxygens (including phenoxy) is 3. The summed E-state index contributed by atoms with van der Waals surface area (Å²) < 4.78 is 17.9. The molecule has 2 bridgehead atoms. The van der Waals surface area contributed by atoms with Crippen molar-refractivity contribution in [1.29, 1.82) is 0 Å². The minimum atomic E-state index is -1.02. The first-order chi connectivity index (χ1) is 14.7. The van der Waals surface area contributed by atoms with Crippen molar-refractivity contribution in [1.82, 2.24) is 0 Å². The van der Waals surface area contributed by atoms with Gasteiger partial charge in [0.1, 0.15) is 0 Å². The molecule has 11 unspecified atom stereocenters. The average Bonchev–Trinajstić information content (AvgIpc) is 3.17. The molecular weight excluding hydrogens is 396 g/mol. The Hall–Kier alpha value is -0.690. The van der Waals surface area contributed by atoms with Gasteiger partial charge in [0.05, 0.1) is 12.5 Å². The smallest absolute Gasteiger partial charge is 0.311 e. The van der Waals surface area contributed by atoms with Gasteiger partial charge in [-0.1, -0.05) is 27.2 Å². The summed E-state index contributed by atoms with van der Waals surface area (Å²) in [6.07, 6.45) is 6.82. The first kappa shape index (κ1) is 20.9. The van der Waals surface area contributed by atoms with Crippen LogP contribution in [0.2, 0.25) is 0 Å². The molecular formula is C25H38O6. The fraction of sp³-hybridized carbons (Fsp3) is 0.960. The van der Waals surface area contributed by atoms with E-state index in [0.29, 0.717) is 24.2 Å². The summed E-state index contributed by atoms with van der Waals surface area (Å²) in [7, 11) is 0. The zero-order chi connectivity index (χ0) is 21.8. The first-order valence-electron chi connectivity index (χ1n) is 12.5. The van der Waals surface area contributed by atoms with Crippen LogP contribution in [0.15, 0.2) is 0 Å². The Labute approximate surface area is 185 Å². The van der Waals surface area contributed by atoms with Crippen molar-refractivity contribution in [3.8, 4) is 0 Å². The minimum Gasteiger partial charge on any atom is -0.432 e. The van der Waals surface area contributed by atoms with Crippen LogP contribution >= 0.6 is 0 Å². The van der Waals surface area contributed by atoms with Crippen molar-refractivity contribution in [2.45, 2.75) is 103 Å². The molecule has 3 heterocycles. The van der Waals surface area contributed by atoms with E-state index in [-0.39, 0.29) is 41.2 Å². The van der Waals surface area contributed by atoms with Gasteiger partial charge in [-0.15, -0.1) is 0 Å². The molecule has 31 heavy (non-hydrogen) atoms. The van der Waals surface area contributed by atoms with Gasteiger partial charge in [-0.25, -0.2) is 0 Å². The third-order valence-corrected chi connectivity index (χ3v) is 11.2. The Morgan fingerprint density at radius 3 is 2.61 bits per heavy atom. The second-order valence-corrected chi connectivity index (χ2v) is 12.5. The fourth-order valence-electron chi connectivity index (χ4n) is 9.76. The number of esters is 1. The third kappa shape index (κ3) is 2.51. The van der Waals surface area contributed by atoms with Crippen LogP contribution in [0.1, 0.15) is 78.6 Å². The van der Waals surface area contributed by atoms with Crippen molar-refractivity contribution in [2.75, 3.05) is 6.61 Å².